The second kappa shape index (κ2) is 6.53. The number of likely N-dealkylation sites (N-methyl/N-ethyl adjacent to an activating group) is 1. The van der Waals surface area contributed by atoms with E-state index in [1.165, 1.54) is 13.1 Å². The maximum absolute atomic E-state index is 11.8. The standard InChI is InChI=1S/C12H19N3O3S/c1-4-14-12(16)9(2)15-10-7-5-6-8-11(10)19(17,18)13-3/h5-9,13,15H,4H2,1-3H3,(H,14,16). The van der Waals surface area contributed by atoms with Crippen molar-refractivity contribution in [2.45, 2.75) is 24.8 Å². The monoisotopic (exact) mass is 285 g/mol. The van der Waals surface area contributed by atoms with E-state index in [1.807, 2.05) is 6.92 Å². The number of nitrogens with one attached hydrogen (secondary N) is 3. The first kappa shape index (κ1) is 15.5. The topological polar surface area (TPSA) is 87.3 Å². The highest BCUT2D eigenvalue weighted by Gasteiger charge is 2.19. The van der Waals surface area contributed by atoms with Crippen molar-refractivity contribution in [3.8, 4) is 0 Å². The van der Waals surface area contributed by atoms with Crippen molar-refractivity contribution in [1.82, 2.24) is 10.0 Å². The molecule has 3 N–H and O–H groups in total. The Kier molecular flexibility index (Phi) is 5.31. The van der Waals surface area contributed by atoms with Gasteiger partial charge in [0.05, 0.1) is 5.69 Å². The van der Waals surface area contributed by atoms with Gasteiger partial charge in [-0.1, -0.05) is 12.1 Å². The average Bonchev–Trinajstić information content (AvgIpc) is 2.39. The Hall–Kier alpha value is -1.60. The molecule has 0 aromatic heterocycles. The number of para-hydroxylation sites is 1. The molecule has 0 saturated heterocycles. The molecule has 7 heteroatoms. The lowest BCUT2D eigenvalue weighted by molar-refractivity contribution is -0.121. The molecule has 0 aliphatic rings. The lowest BCUT2D eigenvalue weighted by atomic mass is 10.2. The molecule has 1 atom stereocenters. The van der Waals surface area contributed by atoms with Crippen LogP contribution in [0.3, 0.4) is 0 Å². The molecule has 1 rings (SSSR count). The van der Waals surface area contributed by atoms with Crippen LogP contribution in [0.5, 0.6) is 0 Å². The molecule has 19 heavy (non-hydrogen) atoms. The van der Waals surface area contributed by atoms with Gasteiger partial charge in [-0.3, -0.25) is 4.79 Å². The van der Waals surface area contributed by atoms with Crippen LogP contribution in [-0.4, -0.2) is 34.0 Å². The summed E-state index contributed by atoms with van der Waals surface area (Å²) in [6.07, 6.45) is 0. The molecule has 0 spiro atoms. The van der Waals surface area contributed by atoms with Gasteiger partial charge >= 0.3 is 0 Å². The van der Waals surface area contributed by atoms with E-state index in [0.717, 1.165) is 0 Å². The quantitative estimate of drug-likeness (QED) is 0.711. The molecule has 0 aliphatic carbocycles. The number of hydrogen-bond acceptors (Lipinski definition) is 4. The van der Waals surface area contributed by atoms with Crippen LogP contribution < -0.4 is 15.4 Å². The third-order valence-electron chi connectivity index (χ3n) is 2.56. The first-order valence-electron chi connectivity index (χ1n) is 5.99. The molecule has 0 saturated carbocycles. The number of benzene rings is 1. The van der Waals surface area contributed by atoms with E-state index in [9.17, 15) is 13.2 Å². The van der Waals surface area contributed by atoms with E-state index in [0.29, 0.717) is 12.2 Å². The third-order valence-corrected chi connectivity index (χ3v) is 4.03. The van der Waals surface area contributed by atoms with Crippen LogP contribution in [0, 0.1) is 0 Å². The second-order valence-electron chi connectivity index (χ2n) is 3.96. The summed E-state index contributed by atoms with van der Waals surface area (Å²) < 4.78 is 26.0. The van der Waals surface area contributed by atoms with Crippen molar-refractivity contribution in [2.75, 3.05) is 18.9 Å². The largest absolute Gasteiger partial charge is 0.373 e. The van der Waals surface area contributed by atoms with Crippen molar-refractivity contribution in [1.29, 1.82) is 0 Å². The second-order valence-corrected chi connectivity index (χ2v) is 5.82. The van der Waals surface area contributed by atoms with Crippen LogP contribution in [0.1, 0.15) is 13.8 Å². The van der Waals surface area contributed by atoms with Gasteiger partial charge in [0.15, 0.2) is 0 Å². The van der Waals surface area contributed by atoms with Gasteiger partial charge in [0.25, 0.3) is 0 Å². The summed E-state index contributed by atoms with van der Waals surface area (Å²) in [7, 11) is -2.21. The zero-order chi connectivity index (χ0) is 14.5. The van der Waals surface area contributed by atoms with Gasteiger partial charge in [0.2, 0.25) is 15.9 Å². The summed E-state index contributed by atoms with van der Waals surface area (Å²) in [6, 6.07) is 5.93. The molecule has 106 valence electrons. The summed E-state index contributed by atoms with van der Waals surface area (Å²) >= 11 is 0. The Morgan fingerprint density at radius 1 is 1.32 bits per heavy atom. The van der Waals surface area contributed by atoms with E-state index in [2.05, 4.69) is 15.4 Å². The highest BCUT2D eigenvalue weighted by atomic mass is 32.2. The van der Waals surface area contributed by atoms with E-state index in [4.69, 9.17) is 0 Å². The molecule has 1 amide bonds. The smallest absolute Gasteiger partial charge is 0.242 e. The minimum atomic E-state index is -3.56. The molecule has 1 unspecified atom stereocenters. The highest BCUT2D eigenvalue weighted by Crippen LogP contribution is 2.21. The first-order chi connectivity index (χ1) is 8.92. The van der Waals surface area contributed by atoms with Gasteiger partial charge < -0.3 is 10.6 Å². The number of amides is 1. The summed E-state index contributed by atoms with van der Waals surface area (Å²) in [4.78, 5) is 11.8. The van der Waals surface area contributed by atoms with Crippen LogP contribution in [0.25, 0.3) is 0 Å². The summed E-state index contributed by atoms with van der Waals surface area (Å²) in [5.41, 5.74) is 0.399. The van der Waals surface area contributed by atoms with Crippen molar-refractivity contribution >= 4 is 21.6 Å². The summed E-state index contributed by atoms with van der Waals surface area (Å²) in [6.45, 7) is 4.03. The highest BCUT2D eigenvalue weighted by molar-refractivity contribution is 7.89. The van der Waals surface area contributed by atoms with E-state index >= 15 is 0 Å². The SMILES string of the molecule is CCNC(=O)C(C)Nc1ccccc1S(=O)(=O)NC. The van der Waals surface area contributed by atoms with Crippen LogP contribution in [-0.2, 0) is 14.8 Å². The van der Waals surface area contributed by atoms with Crippen molar-refractivity contribution in [2.24, 2.45) is 0 Å². The zero-order valence-corrected chi connectivity index (χ0v) is 12.0. The molecule has 1 aromatic carbocycles. The molecule has 6 nitrogen and oxygen atoms in total. The van der Waals surface area contributed by atoms with Crippen molar-refractivity contribution in [3.05, 3.63) is 24.3 Å². The molecule has 0 bridgehead atoms. The number of carbonyl (C=O) groups excluding carboxylic acids is 1. The molecule has 0 heterocycles. The van der Waals surface area contributed by atoms with Gasteiger partial charge in [-0.25, -0.2) is 13.1 Å². The average molecular weight is 285 g/mol. The molecule has 0 fully saturated rings. The fraction of sp³-hybridized carbons (Fsp3) is 0.417. The van der Waals surface area contributed by atoms with Crippen LogP contribution in [0.4, 0.5) is 5.69 Å². The van der Waals surface area contributed by atoms with Gasteiger partial charge in [-0.05, 0) is 33.0 Å². The number of rotatable bonds is 6. The fourth-order valence-electron chi connectivity index (χ4n) is 1.56. The summed E-state index contributed by atoms with van der Waals surface area (Å²) in [5, 5.41) is 5.58. The maximum atomic E-state index is 11.8. The Morgan fingerprint density at radius 3 is 2.53 bits per heavy atom. The van der Waals surface area contributed by atoms with Gasteiger partial charge in [0.1, 0.15) is 10.9 Å². The predicted octanol–water partition coefficient (Wildman–Crippen LogP) is 0.531. The number of hydrogen-bond donors (Lipinski definition) is 3. The first-order valence-corrected chi connectivity index (χ1v) is 7.47. The lowest BCUT2D eigenvalue weighted by Gasteiger charge is -2.17. The summed E-state index contributed by atoms with van der Waals surface area (Å²) in [5.74, 6) is -0.181. The van der Waals surface area contributed by atoms with Crippen molar-refractivity contribution in [3.63, 3.8) is 0 Å². The predicted molar refractivity (Wildman–Crippen MR) is 74.5 cm³/mol. The van der Waals surface area contributed by atoms with Crippen LogP contribution in [0.2, 0.25) is 0 Å². The third kappa shape index (κ3) is 3.93. The molecular weight excluding hydrogens is 266 g/mol. The zero-order valence-electron chi connectivity index (χ0n) is 11.2. The van der Waals surface area contributed by atoms with E-state index < -0.39 is 16.1 Å². The fourth-order valence-corrected chi connectivity index (χ4v) is 2.45. The Balaban J connectivity index is 3.00. The molecule has 0 aliphatic heterocycles. The number of sulfonamides is 1. The van der Waals surface area contributed by atoms with Crippen molar-refractivity contribution < 1.29 is 13.2 Å². The van der Waals surface area contributed by atoms with Crippen LogP contribution >= 0.6 is 0 Å². The van der Waals surface area contributed by atoms with E-state index in [1.54, 1.807) is 25.1 Å². The van der Waals surface area contributed by atoms with Gasteiger partial charge in [-0.2, -0.15) is 0 Å². The lowest BCUT2D eigenvalue weighted by Crippen LogP contribution is -2.37. The van der Waals surface area contributed by atoms with E-state index in [-0.39, 0.29) is 10.8 Å². The Morgan fingerprint density at radius 2 is 1.95 bits per heavy atom. The Bertz CT molecular complexity index is 543. The number of anilines is 1. The van der Waals surface area contributed by atoms with Crippen LogP contribution in [0.15, 0.2) is 29.2 Å². The minimum absolute atomic E-state index is 0.119. The maximum Gasteiger partial charge on any atom is 0.242 e. The molecule has 0 radical (unpaired) electrons. The molecule has 1 aromatic rings. The minimum Gasteiger partial charge on any atom is -0.373 e. The van der Waals surface area contributed by atoms with Gasteiger partial charge in [-0.15, -0.1) is 0 Å². The molecular formula is C12H19N3O3S. The van der Waals surface area contributed by atoms with Gasteiger partial charge in [0, 0.05) is 6.54 Å². The number of carbonyl (C=O) groups is 1. The Labute approximate surface area is 113 Å². The normalized spacial score (nSPS) is 12.8.